The Morgan fingerprint density at radius 1 is 1.30 bits per heavy atom. The van der Waals surface area contributed by atoms with Gasteiger partial charge in [0.1, 0.15) is 17.5 Å². The van der Waals surface area contributed by atoms with Gasteiger partial charge in [-0.1, -0.05) is 20.3 Å². The molecular formula is C15H26N4O. The molecule has 1 aromatic heterocycles. The number of aliphatic hydroxyl groups is 1. The van der Waals surface area contributed by atoms with E-state index >= 15 is 0 Å². The summed E-state index contributed by atoms with van der Waals surface area (Å²) < 4.78 is 0. The zero-order chi connectivity index (χ0) is 14.5. The summed E-state index contributed by atoms with van der Waals surface area (Å²) in [5, 5.41) is 16.2. The Balaban J connectivity index is 1.99. The van der Waals surface area contributed by atoms with Crippen LogP contribution < -0.4 is 10.6 Å². The standard InChI is InChI=1S/C15H26N4O/c1-10(2)15-18-13(16-3)8-14(19-15)17-9-11-5-4-6-12(20)7-11/h8,10-12,20H,4-7,9H2,1-3H3,(H2,16,17,18,19). The van der Waals surface area contributed by atoms with Crippen LogP contribution in [0.1, 0.15) is 51.3 Å². The van der Waals surface area contributed by atoms with Crippen LogP contribution in [0.25, 0.3) is 0 Å². The maximum absolute atomic E-state index is 9.71. The number of nitrogens with zero attached hydrogens (tertiary/aromatic N) is 2. The number of aliphatic hydroxyl groups excluding tert-OH is 1. The smallest absolute Gasteiger partial charge is 0.135 e. The summed E-state index contributed by atoms with van der Waals surface area (Å²) in [5.41, 5.74) is 0. The second-order valence-electron chi connectivity index (χ2n) is 5.97. The molecule has 0 radical (unpaired) electrons. The highest BCUT2D eigenvalue weighted by atomic mass is 16.3. The molecule has 5 heteroatoms. The summed E-state index contributed by atoms with van der Waals surface area (Å²) in [5.74, 6) is 3.40. The summed E-state index contributed by atoms with van der Waals surface area (Å²) in [4.78, 5) is 9.02. The van der Waals surface area contributed by atoms with Crippen LogP contribution in [0.2, 0.25) is 0 Å². The highest BCUT2D eigenvalue weighted by molar-refractivity contribution is 5.47. The van der Waals surface area contributed by atoms with Gasteiger partial charge < -0.3 is 15.7 Å². The Bertz CT molecular complexity index is 436. The van der Waals surface area contributed by atoms with Crippen molar-refractivity contribution < 1.29 is 5.11 Å². The average molecular weight is 278 g/mol. The van der Waals surface area contributed by atoms with Gasteiger partial charge in [-0.2, -0.15) is 0 Å². The molecule has 2 rings (SSSR count). The van der Waals surface area contributed by atoms with E-state index in [4.69, 9.17) is 0 Å². The van der Waals surface area contributed by atoms with Crippen LogP contribution in [-0.2, 0) is 0 Å². The Morgan fingerprint density at radius 3 is 2.70 bits per heavy atom. The van der Waals surface area contributed by atoms with Crippen molar-refractivity contribution in [3.8, 4) is 0 Å². The molecule has 0 aliphatic heterocycles. The van der Waals surface area contributed by atoms with Crippen LogP contribution in [0, 0.1) is 5.92 Å². The van der Waals surface area contributed by atoms with E-state index in [0.29, 0.717) is 11.8 Å². The van der Waals surface area contributed by atoms with Gasteiger partial charge in [-0.3, -0.25) is 0 Å². The highest BCUT2D eigenvalue weighted by Gasteiger charge is 2.20. The van der Waals surface area contributed by atoms with E-state index in [0.717, 1.165) is 43.3 Å². The van der Waals surface area contributed by atoms with E-state index in [-0.39, 0.29) is 6.10 Å². The average Bonchev–Trinajstić information content (AvgIpc) is 2.45. The Kier molecular flexibility index (Phi) is 5.17. The van der Waals surface area contributed by atoms with Crippen molar-refractivity contribution in [1.82, 2.24) is 9.97 Å². The molecule has 3 N–H and O–H groups in total. The van der Waals surface area contributed by atoms with E-state index in [1.54, 1.807) is 0 Å². The number of hydrogen-bond acceptors (Lipinski definition) is 5. The predicted molar refractivity (Wildman–Crippen MR) is 82.1 cm³/mol. The first-order valence-electron chi connectivity index (χ1n) is 7.57. The molecule has 1 fully saturated rings. The second kappa shape index (κ2) is 6.88. The maximum Gasteiger partial charge on any atom is 0.135 e. The molecule has 0 spiro atoms. The van der Waals surface area contributed by atoms with Gasteiger partial charge in [0, 0.05) is 25.6 Å². The van der Waals surface area contributed by atoms with E-state index in [9.17, 15) is 5.11 Å². The van der Waals surface area contributed by atoms with Gasteiger partial charge in [0.15, 0.2) is 0 Å². The first kappa shape index (κ1) is 15.0. The zero-order valence-corrected chi connectivity index (χ0v) is 12.7. The molecular weight excluding hydrogens is 252 g/mol. The van der Waals surface area contributed by atoms with Crippen LogP contribution >= 0.6 is 0 Å². The summed E-state index contributed by atoms with van der Waals surface area (Å²) in [6.45, 7) is 5.06. The third kappa shape index (κ3) is 4.07. The molecule has 0 bridgehead atoms. The lowest BCUT2D eigenvalue weighted by Crippen LogP contribution is -2.25. The van der Waals surface area contributed by atoms with Crippen molar-refractivity contribution in [2.75, 3.05) is 24.2 Å². The van der Waals surface area contributed by atoms with Crippen molar-refractivity contribution in [2.45, 2.75) is 51.6 Å². The number of anilines is 2. The van der Waals surface area contributed by atoms with Gasteiger partial charge in [0.05, 0.1) is 6.10 Å². The molecule has 2 atom stereocenters. The largest absolute Gasteiger partial charge is 0.393 e. The van der Waals surface area contributed by atoms with E-state index < -0.39 is 0 Å². The quantitative estimate of drug-likeness (QED) is 0.772. The molecule has 0 saturated heterocycles. The summed E-state index contributed by atoms with van der Waals surface area (Å²) in [6.07, 6.45) is 4.03. The Morgan fingerprint density at radius 2 is 2.05 bits per heavy atom. The fourth-order valence-corrected chi connectivity index (χ4v) is 2.64. The minimum Gasteiger partial charge on any atom is -0.393 e. The molecule has 1 heterocycles. The van der Waals surface area contributed by atoms with Gasteiger partial charge >= 0.3 is 0 Å². The summed E-state index contributed by atoms with van der Waals surface area (Å²) in [6, 6.07) is 1.94. The van der Waals surface area contributed by atoms with Crippen molar-refractivity contribution in [1.29, 1.82) is 0 Å². The van der Waals surface area contributed by atoms with E-state index in [1.807, 2.05) is 13.1 Å². The van der Waals surface area contributed by atoms with Crippen LogP contribution in [-0.4, -0.2) is 34.8 Å². The molecule has 1 aliphatic rings. The molecule has 0 amide bonds. The Hall–Kier alpha value is -1.36. The molecule has 1 aliphatic carbocycles. The van der Waals surface area contributed by atoms with Gasteiger partial charge in [-0.25, -0.2) is 9.97 Å². The van der Waals surface area contributed by atoms with E-state index in [1.165, 1.54) is 6.42 Å². The number of rotatable bonds is 5. The van der Waals surface area contributed by atoms with Crippen molar-refractivity contribution in [3.63, 3.8) is 0 Å². The van der Waals surface area contributed by atoms with Crippen molar-refractivity contribution in [2.24, 2.45) is 5.92 Å². The monoisotopic (exact) mass is 278 g/mol. The van der Waals surface area contributed by atoms with Gasteiger partial charge in [-0.05, 0) is 25.2 Å². The first-order valence-corrected chi connectivity index (χ1v) is 7.57. The normalized spacial score (nSPS) is 22.9. The lowest BCUT2D eigenvalue weighted by molar-refractivity contribution is 0.104. The minimum atomic E-state index is -0.125. The fourth-order valence-electron chi connectivity index (χ4n) is 2.64. The molecule has 20 heavy (non-hydrogen) atoms. The molecule has 112 valence electrons. The van der Waals surface area contributed by atoms with Crippen molar-refractivity contribution in [3.05, 3.63) is 11.9 Å². The number of aromatic nitrogens is 2. The van der Waals surface area contributed by atoms with Gasteiger partial charge in [-0.15, -0.1) is 0 Å². The molecule has 1 aromatic rings. The van der Waals surface area contributed by atoms with Crippen LogP contribution in [0.15, 0.2) is 6.07 Å². The number of hydrogen-bond donors (Lipinski definition) is 3. The van der Waals surface area contributed by atoms with E-state index in [2.05, 4.69) is 34.4 Å². The summed E-state index contributed by atoms with van der Waals surface area (Å²) >= 11 is 0. The SMILES string of the molecule is CNc1cc(NCC2CCCC(O)C2)nc(C(C)C)n1. The minimum absolute atomic E-state index is 0.125. The van der Waals surface area contributed by atoms with Gasteiger partial charge in [0.25, 0.3) is 0 Å². The summed E-state index contributed by atoms with van der Waals surface area (Å²) in [7, 11) is 1.87. The molecule has 0 aromatic carbocycles. The van der Waals surface area contributed by atoms with Crippen LogP contribution in [0.5, 0.6) is 0 Å². The topological polar surface area (TPSA) is 70.1 Å². The zero-order valence-electron chi connectivity index (χ0n) is 12.7. The maximum atomic E-state index is 9.71. The lowest BCUT2D eigenvalue weighted by Gasteiger charge is -2.26. The third-order valence-electron chi connectivity index (χ3n) is 3.84. The first-order chi connectivity index (χ1) is 9.58. The third-order valence-corrected chi connectivity index (χ3v) is 3.84. The van der Waals surface area contributed by atoms with Gasteiger partial charge in [0.2, 0.25) is 0 Å². The molecule has 2 unspecified atom stereocenters. The fraction of sp³-hybridized carbons (Fsp3) is 0.733. The second-order valence-corrected chi connectivity index (χ2v) is 5.97. The van der Waals surface area contributed by atoms with Crippen molar-refractivity contribution >= 4 is 11.6 Å². The molecule has 5 nitrogen and oxygen atoms in total. The highest BCUT2D eigenvalue weighted by Crippen LogP contribution is 2.25. The lowest BCUT2D eigenvalue weighted by atomic mass is 9.87. The number of nitrogens with one attached hydrogen (secondary N) is 2. The predicted octanol–water partition coefficient (Wildman–Crippen LogP) is 2.60. The van der Waals surface area contributed by atoms with Crippen LogP contribution in [0.4, 0.5) is 11.6 Å². The van der Waals surface area contributed by atoms with Crippen LogP contribution in [0.3, 0.4) is 0 Å². The molecule has 1 saturated carbocycles. The Labute approximate surface area is 121 Å².